The number of hydrogen-bond acceptors (Lipinski definition) is 4. The number of carbonyl (C=O) groups is 1. The van der Waals surface area contributed by atoms with Gasteiger partial charge in [0.2, 0.25) is 5.91 Å². The zero-order chi connectivity index (χ0) is 13.4. The topological polar surface area (TPSA) is 73.6 Å². The Kier molecular flexibility index (Phi) is 6.49. The average Bonchev–Trinajstić information content (AvgIpc) is 2.33. The molecule has 0 heterocycles. The van der Waals surface area contributed by atoms with Gasteiger partial charge in [-0.15, -0.1) is 0 Å². The summed E-state index contributed by atoms with van der Waals surface area (Å²) in [5, 5.41) is 3.08. The van der Waals surface area contributed by atoms with Gasteiger partial charge in [0.25, 0.3) is 0 Å². The number of hydrogen-bond donors (Lipinski definition) is 2. The summed E-state index contributed by atoms with van der Waals surface area (Å²) in [4.78, 5) is 11.5. The van der Waals surface area contributed by atoms with Gasteiger partial charge in [-0.25, -0.2) is 0 Å². The molecule has 0 saturated heterocycles. The van der Waals surface area contributed by atoms with Crippen molar-refractivity contribution in [3.8, 4) is 0 Å². The Bertz CT molecular complexity index is 399. The number of carbonyl (C=O) groups excluding carboxylic acids is 1. The molecule has 0 saturated carbocycles. The Balaban J connectivity index is 2.33. The molecule has 0 aliphatic heterocycles. The van der Waals surface area contributed by atoms with Crippen molar-refractivity contribution in [3.63, 3.8) is 0 Å². The van der Waals surface area contributed by atoms with Gasteiger partial charge in [-0.1, -0.05) is 11.6 Å². The molecule has 18 heavy (non-hydrogen) atoms. The number of amides is 1. The van der Waals surface area contributed by atoms with Gasteiger partial charge in [-0.2, -0.15) is 0 Å². The van der Waals surface area contributed by atoms with Crippen molar-refractivity contribution in [3.05, 3.63) is 23.2 Å². The lowest BCUT2D eigenvalue weighted by Crippen LogP contribution is -2.19. The second kappa shape index (κ2) is 7.92. The SMILES string of the molecule is COCCCOCC(=O)Nc1cc(N)ccc1Cl. The third-order valence-electron chi connectivity index (χ3n) is 2.13. The zero-order valence-electron chi connectivity index (χ0n) is 10.2. The van der Waals surface area contributed by atoms with Crippen molar-refractivity contribution in [1.29, 1.82) is 0 Å². The summed E-state index contributed by atoms with van der Waals surface area (Å²) in [7, 11) is 1.62. The van der Waals surface area contributed by atoms with Gasteiger partial charge in [0.15, 0.2) is 0 Å². The molecule has 0 bridgehead atoms. The Morgan fingerprint density at radius 3 is 2.94 bits per heavy atom. The summed E-state index contributed by atoms with van der Waals surface area (Å²) in [6, 6.07) is 4.90. The molecule has 5 nitrogen and oxygen atoms in total. The van der Waals surface area contributed by atoms with E-state index in [2.05, 4.69) is 5.32 Å². The summed E-state index contributed by atoms with van der Waals surface area (Å²) >= 11 is 5.92. The maximum atomic E-state index is 11.5. The van der Waals surface area contributed by atoms with Crippen LogP contribution in [0.25, 0.3) is 0 Å². The summed E-state index contributed by atoms with van der Waals surface area (Å²) in [5.74, 6) is -0.264. The number of ether oxygens (including phenoxy) is 2. The number of rotatable bonds is 7. The van der Waals surface area contributed by atoms with Gasteiger partial charge >= 0.3 is 0 Å². The number of halogens is 1. The maximum absolute atomic E-state index is 11.5. The van der Waals surface area contributed by atoms with Crippen LogP contribution in [0.3, 0.4) is 0 Å². The molecule has 0 aromatic heterocycles. The first kappa shape index (κ1) is 14.8. The van der Waals surface area contributed by atoms with Crippen LogP contribution < -0.4 is 11.1 Å². The van der Waals surface area contributed by atoms with Crippen LogP contribution in [0.4, 0.5) is 11.4 Å². The fraction of sp³-hybridized carbons (Fsp3) is 0.417. The summed E-state index contributed by atoms with van der Waals surface area (Å²) in [6.45, 7) is 1.07. The zero-order valence-corrected chi connectivity index (χ0v) is 11.0. The first-order valence-corrected chi connectivity index (χ1v) is 5.93. The molecule has 1 aromatic carbocycles. The molecular weight excluding hydrogens is 256 g/mol. The normalized spacial score (nSPS) is 10.3. The van der Waals surface area contributed by atoms with Gasteiger partial charge < -0.3 is 20.5 Å². The Morgan fingerprint density at radius 1 is 1.44 bits per heavy atom. The second-order valence-corrected chi connectivity index (χ2v) is 4.09. The van der Waals surface area contributed by atoms with Crippen LogP contribution in [0.15, 0.2) is 18.2 Å². The van der Waals surface area contributed by atoms with E-state index in [1.165, 1.54) is 0 Å². The molecule has 0 aliphatic carbocycles. The van der Waals surface area contributed by atoms with E-state index < -0.39 is 0 Å². The highest BCUT2D eigenvalue weighted by atomic mass is 35.5. The van der Waals surface area contributed by atoms with Gasteiger partial charge in [0.1, 0.15) is 6.61 Å². The summed E-state index contributed by atoms with van der Waals surface area (Å²) < 4.78 is 10.0. The fourth-order valence-corrected chi connectivity index (χ4v) is 1.46. The second-order valence-electron chi connectivity index (χ2n) is 3.69. The predicted octanol–water partition coefficient (Wildman–Crippen LogP) is 1.91. The van der Waals surface area contributed by atoms with Crippen molar-refractivity contribution >= 4 is 28.9 Å². The molecule has 0 aliphatic rings. The minimum atomic E-state index is -0.264. The molecule has 1 amide bonds. The first-order valence-electron chi connectivity index (χ1n) is 5.55. The standard InChI is InChI=1S/C12H17ClN2O3/c1-17-5-2-6-18-8-12(16)15-11-7-9(14)3-4-10(11)13/h3-4,7H,2,5-6,8,14H2,1H3,(H,15,16). The third-order valence-corrected chi connectivity index (χ3v) is 2.46. The van der Waals surface area contributed by atoms with Gasteiger partial charge in [-0.3, -0.25) is 4.79 Å². The lowest BCUT2D eigenvalue weighted by molar-refractivity contribution is -0.120. The van der Waals surface area contributed by atoms with Crippen LogP contribution in [0.2, 0.25) is 5.02 Å². The quantitative estimate of drug-likeness (QED) is 0.587. The molecule has 6 heteroatoms. The first-order chi connectivity index (χ1) is 8.63. The van der Waals surface area contributed by atoms with Crippen LogP contribution >= 0.6 is 11.6 Å². The fourth-order valence-electron chi connectivity index (χ4n) is 1.30. The largest absolute Gasteiger partial charge is 0.399 e. The van der Waals surface area contributed by atoms with Crippen molar-refractivity contribution in [2.24, 2.45) is 0 Å². The number of nitrogens with two attached hydrogens (primary N) is 1. The molecule has 0 fully saturated rings. The molecule has 0 spiro atoms. The maximum Gasteiger partial charge on any atom is 0.250 e. The van der Waals surface area contributed by atoms with Gasteiger partial charge in [-0.05, 0) is 24.6 Å². The molecule has 100 valence electrons. The monoisotopic (exact) mass is 272 g/mol. The minimum absolute atomic E-state index is 0.0190. The van der Waals surface area contributed by atoms with E-state index >= 15 is 0 Å². The van der Waals surface area contributed by atoms with E-state index in [1.807, 2.05) is 0 Å². The lowest BCUT2D eigenvalue weighted by Gasteiger charge is -2.08. The van der Waals surface area contributed by atoms with Crippen LogP contribution in [0.1, 0.15) is 6.42 Å². The molecule has 3 N–H and O–H groups in total. The molecular formula is C12H17ClN2O3. The number of anilines is 2. The highest BCUT2D eigenvalue weighted by molar-refractivity contribution is 6.33. The Labute approximate surface area is 111 Å². The highest BCUT2D eigenvalue weighted by Gasteiger charge is 2.06. The lowest BCUT2D eigenvalue weighted by atomic mass is 10.3. The molecule has 0 atom stereocenters. The molecule has 0 unspecified atom stereocenters. The number of methoxy groups -OCH3 is 1. The molecule has 1 aromatic rings. The smallest absolute Gasteiger partial charge is 0.250 e. The number of nitrogen functional groups attached to an aromatic ring is 1. The Hall–Kier alpha value is -1.30. The van der Waals surface area contributed by atoms with Crippen molar-refractivity contribution in [2.75, 3.05) is 38.0 Å². The highest BCUT2D eigenvalue weighted by Crippen LogP contribution is 2.23. The van der Waals surface area contributed by atoms with Crippen LogP contribution in [0, 0.1) is 0 Å². The van der Waals surface area contributed by atoms with Crippen LogP contribution in [0.5, 0.6) is 0 Å². The van der Waals surface area contributed by atoms with Crippen LogP contribution in [-0.2, 0) is 14.3 Å². The van der Waals surface area contributed by atoms with Gasteiger partial charge in [0, 0.05) is 26.0 Å². The number of benzene rings is 1. The molecule has 1 rings (SSSR count). The average molecular weight is 273 g/mol. The predicted molar refractivity (Wildman–Crippen MR) is 71.8 cm³/mol. The summed E-state index contributed by atoms with van der Waals surface area (Å²) in [5.41, 5.74) is 6.63. The molecule has 0 radical (unpaired) electrons. The third kappa shape index (κ3) is 5.35. The van der Waals surface area contributed by atoms with E-state index in [1.54, 1.807) is 25.3 Å². The van der Waals surface area contributed by atoms with E-state index in [0.29, 0.717) is 29.6 Å². The van der Waals surface area contributed by atoms with Crippen molar-refractivity contribution in [1.82, 2.24) is 0 Å². The van der Waals surface area contributed by atoms with Crippen LogP contribution in [-0.4, -0.2) is 32.8 Å². The summed E-state index contributed by atoms with van der Waals surface area (Å²) in [6.07, 6.45) is 0.753. The Morgan fingerprint density at radius 2 is 2.22 bits per heavy atom. The number of nitrogens with one attached hydrogen (secondary N) is 1. The van der Waals surface area contributed by atoms with Crippen molar-refractivity contribution < 1.29 is 14.3 Å². The minimum Gasteiger partial charge on any atom is -0.399 e. The van der Waals surface area contributed by atoms with Crippen molar-refractivity contribution in [2.45, 2.75) is 6.42 Å². The van der Waals surface area contributed by atoms with E-state index in [9.17, 15) is 4.79 Å². The van der Waals surface area contributed by atoms with E-state index in [0.717, 1.165) is 6.42 Å². The van der Waals surface area contributed by atoms with E-state index in [-0.39, 0.29) is 12.5 Å². The van der Waals surface area contributed by atoms with Gasteiger partial charge in [0.05, 0.1) is 10.7 Å². The van der Waals surface area contributed by atoms with E-state index in [4.69, 9.17) is 26.8 Å².